The molecule has 0 aromatic heterocycles. The van der Waals surface area contributed by atoms with Crippen LogP contribution in [0.5, 0.6) is 0 Å². The molecule has 122 valence electrons. The van der Waals surface area contributed by atoms with Crippen LogP contribution < -0.4 is 11.2 Å². The van der Waals surface area contributed by atoms with Crippen molar-refractivity contribution in [2.45, 2.75) is 0 Å². The molecule has 0 heterocycles. The third-order valence-corrected chi connectivity index (χ3v) is 2.08. The minimum absolute atomic E-state index is 0.156. The van der Waals surface area contributed by atoms with Crippen molar-refractivity contribution in [2.24, 2.45) is 5.90 Å². The summed E-state index contributed by atoms with van der Waals surface area (Å²) in [5, 5.41) is 2.57. The number of carbonyl (C=O) groups is 1. The lowest BCUT2D eigenvalue weighted by Gasteiger charge is -2.07. The smallest absolute Gasteiger partial charge is 0.248 e. The molecule has 0 atom stereocenters. The Kier molecular flexibility index (Phi) is 15.9. The molecule has 0 fully saturated rings. The van der Waals surface area contributed by atoms with Gasteiger partial charge in [-0.2, -0.15) is 0 Å². The second kappa shape index (κ2) is 16.8. The van der Waals surface area contributed by atoms with E-state index in [9.17, 15) is 4.79 Å². The fourth-order valence-corrected chi connectivity index (χ4v) is 1.18. The molecule has 1 amide bonds. The number of rotatable bonds is 15. The largest absolute Gasteiger partial charge is 0.377 e. The van der Waals surface area contributed by atoms with Gasteiger partial charge in [0, 0.05) is 6.54 Å². The van der Waals surface area contributed by atoms with Crippen molar-refractivity contribution in [3.8, 4) is 12.3 Å². The standard InChI is InChI=1S/C13H24N2O6/c1-2-4-17-6-8-19-10-11-20-9-7-18-5-3-15-13(16)12-21-14/h1H,3-12,14H2,(H,15,16). The monoisotopic (exact) mass is 304 g/mol. The molecule has 8 nitrogen and oxygen atoms in total. The highest BCUT2D eigenvalue weighted by atomic mass is 16.6. The van der Waals surface area contributed by atoms with E-state index in [1.807, 2.05) is 0 Å². The molecule has 0 saturated heterocycles. The Labute approximate surface area is 125 Å². The zero-order chi connectivity index (χ0) is 15.6. The predicted molar refractivity (Wildman–Crippen MR) is 75.3 cm³/mol. The average Bonchev–Trinajstić information content (AvgIpc) is 2.48. The van der Waals surface area contributed by atoms with Crippen LogP contribution in [0, 0.1) is 12.3 Å². The van der Waals surface area contributed by atoms with E-state index in [0.717, 1.165) is 0 Å². The zero-order valence-electron chi connectivity index (χ0n) is 12.2. The molecule has 3 N–H and O–H groups in total. The number of nitrogens with two attached hydrogens (primary N) is 1. The SMILES string of the molecule is C#CCOCCOCCOCCOCCNC(=O)CON. The lowest BCUT2D eigenvalue weighted by atomic mass is 10.6. The van der Waals surface area contributed by atoms with E-state index in [1.54, 1.807) is 0 Å². The number of amides is 1. The predicted octanol–water partition coefficient (Wildman–Crippen LogP) is -1.31. The molecule has 0 radical (unpaired) electrons. The van der Waals surface area contributed by atoms with Crippen LogP contribution in [-0.4, -0.2) is 71.9 Å². The van der Waals surface area contributed by atoms with Crippen molar-refractivity contribution >= 4 is 5.91 Å². The minimum atomic E-state index is -0.277. The van der Waals surface area contributed by atoms with Crippen LogP contribution in [0.2, 0.25) is 0 Å². The summed E-state index contributed by atoms with van der Waals surface area (Å²) < 4.78 is 20.8. The van der Waals surface area contributed by atoms with Gasteiger partial charge < -0.3 is 24.3 Å². The Bertz CT molecular complexity index is 282. The lowest BCUT2D eigenvalue weighted by Crippen LogP contribution is -2.31. The molecule has 0 aliphatic rings. The summed E-state index contributed by atoms with van der Waals surface area (Å²) in [6, 6.07) is 0. The van der Waals surface area contributed by atoms with Gasteiger partial charge in [0.25, 0.3) is 0 Å². The molecule has 0 aliphatic carbocycles. The van der Waals surface area contributed by atoms with Gasteiger partial charge in [0.05, 0.1) is 46.2 Å². The van der Waals surface area contributed by atoms with Gasteiger partial charge in [0.2, 0.25) is 5.91 Å². The Hall–Kier alpha value is -1.21. The highest BCUT2D eigenvalue weighted by Gasteiger charge is 1.98. The number of nitrogens with one attached hydrogen (secondary N) is 1. The Morgan fingerprint density at radius 3 is 2.00 bits per heavy atom. The highest BCUT2D eigenvalue weighted by Crippen LogP contribution is 1.82. The quantitative estimate of drug-likeness (QED) is 0.220. The normalized spacial score (nSPS) is 10.3. The van der Waals surface area contributed by atoms with Gasteiger partial charge in [-0.15, -0.1) is 6.42 Å². The molecule has 0 rings (SSSR count). The molecule has 0 spiro atoms. The number of terminal acetylenes is 1. The number of carbonyl (C=O) groups excluding carboxylic acids is 1. The van der Waals surface area contributed by atoms with E-state index in [-0.39, 0.29) is 12.5 Å². The fraction of sp³-hybridized carbons (Fsp3) is 0.769. The summed E-state index contributed by atoms with van der Waals surface area (Å²) in [6.07, 6.45) is 5.02. The number of hydrogen-bond donors (Lipinski definition) is 2. The highest BCUT2D eigenvalue weighted by molar-refractivity contribution is 5.77. The lowest BCUT2D eigenvalue weighted by molar-refractivity contribution is -0.126. The van der Waals surface area contributed by atoms with Crippen LogP contribution in [0.25, 0.3) is 0 Å². The van der Waals surface area contributed by atoms with Crippen LogP contribution in [-0.2, 0) is 28.6 Å². The van der Waals surface area contributed by atoms with E-state index in [2.05, 4.69) is 16.1 Å². The topological polar surface area (TPSA) is 101 Å². The van der Waals surface area contributed by atoms with Gasteiger partial charge in [0.15, 0.2) is 0 Å². The first kappa shape index (κ1) is 19.8. The van der Waals surface area contributed by atoms with E-state index < -0.39 is 0 Å². The Morgan fingerprint density at radius 2 is 1.48 bits per heavy atom. The van der Waals surface area contributed by atoms with Crippen molar-refractivity contribution in [3.05, 3.63) is 0 Å². The van der Waals surface area contributed by atoms with E-state index in [4.69, 9.17) is 31.3 Å². The third kappa shape index (κ3) is 16.7. The number of hydrogen-bond acceptors (Lipinski definition) is 7. The van der Waals surface area contributed by atoms with Gasteiger partial charge in [-0.1, -0.05) is 5.92 Å². The van der Waals surface area contributed by atoms with Crippen molar-refractivity contribution in [1.29, 1.82) is 0 Å². The van der Waals surface area contributed by atoms with E-state index in [0.29, 0.717) is 59.4 Å². The minimum Gasteiger partial charge on any atom is -0.377 e. The third-order valence-electron chi connectivity index (χ3n) is 2.08. The molecule has 8 heteroatoms. The summed E-state index contributed by atoms with van der Waals surface area (Å²) in [5.41, 5.74) is 0. The van der Waals surface area contributed by atoms with E-state index in [1.165, 1.54) is 0 Å². The molecule has 0 bridgehead atoms. The molecule has 0 aromatic carbocycles. The van der Waals surface area contributed by atoms with Gasteiger partial charge in [-0.3, -0.25) is 9.63 Å². The molecular weight excluding hydrogens is 280 g/mol. The molecule has 0 unspecified atom stereocenters. The van der Waals surface area contributed by atoms with Crippen LogP contribution in [0.4, 0.5) is 0 Å². The summed E-state index contributed by atoms with van der Waals surface area (Å²) in [5.74, 6) is 6.84. The van der Waals surface area contributed by atoms with Gasteiger partial charge in [-0.25, -0.2) is 5.90 Å². The fourth-order valence-electron chi connectivity index (χ4n) is 1.18. The first-order valence-corrected chi connectivity index (χ1v) is 6.64. The molecule has 0 saturated carbocycles. The molecule has 0 aliphatic heterocycles. The maximum Gasteiger partial charge on any atom is 0.248 e. The van der Waals surface area contributed by atoms with Gasteiger partial charge in [0.1, 0.15) is 13.2 Å². The van der Waals surface area contributed by atoms with Crippen molar-refractivity contribution < 1.29 is 28.6 Å². The maximum absolute atomic E-state index is 10.9. The number of ether oxygens (including phenoxy) is 4. The Balaban J connectivity index is 3.03. The van der Waals surface area contributed by atoms with Crippen LogP contribution >= 0.6 is 0 Å². The Morgan fingerprint density at radius 1 is 0.952 bits per heavy atom. The maximum atomic E-state index is 10.9. The second-order valence-electron chi connectivity index (χ2n) is 3.75. The van der Waals surface area contributed by atoms with Gasteiger partial charge in [-0.05, 0) is 0 Å². The van der Waals surface area contributed by atoms with Crippen molar-refractivity contribution in [3.63, 3.8) is 0 Å². The average molecular weight is 304 g/mol. The summed E-state index contributed by atoms with van der Waals surface area (Å²) in [4.78, 5) is 15.1. The zero-order valence-corrected chi connectivity index (χ0v) is 12.2. The van der Waals surface area contributed by atoms with Crippen LogP contribution in [0.15, 0.2) is 0 Å². The van der Waals surface area contributed by atoms with Crippen LogP contribution in [0.1, 0.15) is 0 Å². The van der Waals surface area contributed by atoms with Crippen molar-refractivity contribution in [1.82, 2.24) is 5.32 Å². The molecule has 21 heavy (non-hydrogen) atoms. The summed E-state index contributed by atoms with van der Waals surface area (Å²) >= 11 is 0. The summed E-state index contributed by atoms with van der Waals surface area (Å²) in [6.45, 7) is 3.84. The second-order valence-corrected chi connectivity index (χ2v) is 3.75. The summed E-state index contributed by atoms with van der Waals surface area (Å²) in [7, 11) is 0. The van der Waals surface area contributed by atoms with E-state index >= 15 is 0 Å². The molecular formula is C13H24N2O6. The van der Waals surface area contributed by atoms with Crippen molar-refractivity contribution in [2.75, 3.05) is 66.0 Å². The van der Waals surface area contributed by atoms with Gasteiger partial charge >= 0.3 is 0 Å². The molecule has 0 aromatic rings. The first-order valence-electron chi connectivity index (χ1n) is 6.64. The van der Waals surface area contributed by atoms with Crippen LogP contribution in [0.3, 0.4) is 0 Å². The first-order chi connectivity index (χ1) is 10.3.